The molecular weight excluding hydrogens is 279 g/mol. The first-order chi connectivity index (χ1) is 8.90. The van der Waals surface area contributed by atoms with Crippen molar-refractivity contribution < 1.29 is 13.2 Å². The number of pyridine rings is 1. The third-order valence-electron chi connectivity index (χ3n) is 2.36. The topological polar surface area (TPSA) is 38.7 Å². The number of hydrogen-bond acceptors (Lipinski definition) is 3. The Bertz CT molecular complexity index is 582. The van der Waals surface area contributed by atoms with Gasteiger partial charge in [0.15, 0.2) is 5.82 Å². The maximum Gasteiger partial charge on any atom is 0.417 e. The Morgan fingerprint density at radius 2 is 1.95 bits per heavy atom. The van der Waals surface area contributed by atoms with Crippen LogP contribution in [0.4, 0.5) is 13.2 Å². The molecule has 2 rings (SSSR count). The minimum absolute atomic E-state index is 0.205. The number of alkyl halides is 4. The van der Waals surface area contributed by atoms with Crippen LogP contribution in [0.2, 0.25) is 0 Å². The molecule has 19 heavy (non-hydrogen) atoms. The first-order valence-electron chi connectivity index (χ1n) is 5.34. The summed E-state index contributed by atoms with van der Waals surface area (Å²) in [6.45, 7) is 1.76. The third-order valence-corrected chi connectivity index (χ3v) is 2.64. The van der Waals surface area contributed by atoms with E-state index in [2.05, 4.69) is 15.0 Å². The van der Waals surface area contributed by atoms with Crippen LogP contribution in [-0.4, -0.2) is 15.0 Å². The second-order valence-corrected chi connectivity index (χ2v) is 4.16. The van der Waals surface area contributed by atoms with Gasteiger partial charge in [0.25, 0.3) is 0 Å². The lowest BCUT2D eigenvalue weighted by Crippen LogP contribution is -2.06. The van der Waals surface area contributed by atoms with E-state index in [1.807, 2.05) is 0 Å². The van der Waals surface area contributed by atoms with Gasteiger partial charge >= 0.3 is 6.18 Å². The number of halogens is 4. The molecule has 0 spiro atoms. The van der Waals surface area contributed by atoms with Crippen LogP contribution < -0.4 is 0 Å². The maximum atomic E-state index is 12.4. The van der Waals surface area contributed by atoms with Crippen molar-refractivity contribution in [2.75, 3.05) is 0 Å². The monoisotopic (exact) mass is 287 g/mol. The first kappa shape index (κ1) is 13.7. The van der Waals surface area contributed by atoms with Crippen molar-refractivity contribution >= 4 is 11.6 Å². The highest BCUT2D eigenvalue weighted by Crippen LogP contribution is 2.29. The highest BCUT2D eigenvalue weighted by atomic mass is 35.5. The van der Waals surface area contributed by atoms with Crippen LogP contribution in [0.1, 0.15) is 17.0 Å². The predicted octanol–water partition coefficient (Wildman–Crippen LogP) is 3.60. The van der Waals surface area contributed by atoms with E-state index in [-0.39, 0.29) is 17.4 Å². The second kappa shape index (κ2) is 5.13. The summed E-state index contributed by atoms with van der Waals surface area (Å²) in [5.41, 5.74) is 0.762. The van der Waals surface area contributed by atoms with Gasteiger partial charge < -0.3 is 0 Å². The molecule has 0 saturated carbocycles. The molecule has 0 aromatic carbocycles. The van der Waals surface area contributed by atoms with Crippen LogP contribution in [0, 0.1) is 6.92 Å². The summed E-state index contributed by atoms with van der Waals surface area (Å²) >= 11 is 5.68. The molecule has 0 aliphatic rings. The minimum Gasteiger partial charge on any atom is -0.252 e. The van der Waals surface area contributed by atoms with E-state index >= 15 is 0 Å². The summed E-state index contributed by atoms with van der Waals surface area (Å²) in [5.74, 6) is 0.473. The second-order valence-electron chi connectivity index (χ2n) is 3.89. The third kappa shape index (κ3) is 3.20. The highest BCUT2D eigenvalue weighted by Gasteiger charge is 2.30. The van der Waals surface area contributed by atoms with Crippen molar-refractivity contribution in [2.24, 2.45) is 0 Å². The van der Waals surface area contributed by atoms with Crippen molar-refractivity contribution in [1.82, 2.24) is 15.0 Å². The molecule has 2 aromatic rings. The standard InChI is InChI=1S/C12H9ClF3N3/c1-7-4-9(5-13)19-11(18-7)10-3-2-8(6-17-10)12(14,15)16/h2-4,6H,5H2,1H3. The Labute approximate surface area is 112 Å². The summed E-state index contributed by atoms with van der Waals surface area (Å²) in [4.78, 5) is 12.0. The quantitative estimate of drug-likeness (QED) is 0.792. The van der Waals surface area contributed by atoms with Crippen LogP contribution in [0.5, 0.6) is 0 Å². The van der Waals surface area contributed by atoms with Crippen LogP contribution in [-0.2, 0) is 12.1 Å². The molecule has 0 unspecified atom stereocenters. The lowest BCUT2D eigenvalue weighted by molar-refractivity contribution is -0.137. The molecule has 0 saturated heterocycles. The highest BCUT2D eigenvalue weighted by molar-refractivity contribution is 6.16. The van der Waals surface area contributed by atoms with E-state index < -0.39 is 11.7 Å². The molecule has 7 heteroatoms. The fraction of sp³-hybridized carbons (Fsp3) is 0.250. The van der Waals surface area contributed by atoms with Crippen LogP contribution in [0.3, 0.4) is 0 Å². The van der Waals surface area contributed by atoms with E-state index in [1.54, 1.807) is 13.0 Å². The van der Waals surface area contributed by atoms with Crippen molar-refractivity contribution in [2.45, 2.75) is 19.0 Å². The van der Waals surface area contributed by atoms with E-state index in [9.17, 15) is 13.2 Å². The summed E-state index contributed by atoms with van der Waals surface area (Å²) in [6.07, 6.45) is -3.64. The zero-order valence-corrected chi connectivity index (χ0v) is 10.6. The molecule has 0 amide bonds. The van der Waals surface area contributed by atoms with Gasteiger partial charge in [0.05, 0.1) is 17.1 Å². The van der Waals surface area contributed by atoms with Gasteiger partial charge in [-0.25, -0.2) is 9.97 Å². The number of hydrogen-bond donors (Lipinski definition) is 0. The largest absolute Gasteiger partial charge is 0.417 e. The molecule has 0 atom stereocenters. The fourth-order valence-corrected chi connectivity index (χ4v) is 1.65. The van der Waals surface area contributed by atoms with Gasteiger partial charge in [0, 0.05) is 11.9 Å². The van der Waals surface area contributed by atoms with Gasteiger partial charge in [-0.15, -0.1) is 11.6 Å². The minimum atomic E-state index is -4.40. The Kier molecular flexibility index (Phi) is 3.71. The normalized spacial score (nSPS) is 11.6. The summed E-state index contributed by atoms with van der Waals surface area (Å²) < 4.78 is 37.2. The average molecular weight is 288 g/mol. The van der Waals surface area contributed by atoms with E-state index in [1.165, 1.54) is 6.07 Å². The molecule has 0 bridgehead atoms. The lowest BCUT2D eigenvalue weighted by atomic mass is 10.2. The van der Waals surface area contributed by atoms with Crippen LogP contribution >= 0.6 is 11.6 Å². The Balaban J connectivity index is 2.40. The molecule has 0 aliphatic carbocycles. The average Bonchev–Trinajstić information content (AvgIpc) is 2.37. The van der Waals surface area contributed by atoms with Crippen LogP contribution in [0.15, 0.2) is 24.4 Å². The molecule has 2 heterocycles. The van der Waals surface area contributed by atoms with Gasteiger partial charge in [-0.2, -0.15) is 13.2 Å². The summed E-state index contributed by atoms with van der Waals surface area (Å²) in [6, 6.07) is 3.91. The lowest BCUT2D eigenvalue weighted by Gasteiger charge is -2.07. The number of aromatic nitrogens is 3. The van der Waals surface area contributed by atoms with E-state index in [0.29, 0.717) is 11.4 Å². The number of nitrogens with zero attached hydrogens (tertiary/aromatic N) is 3. The molecular formula is C12H9ClF3N3. The molecule has 3 nitrogen and oxygen atoms in total. The zero-order valence-electron chi connectivity index (χ0n) is 9.87. The van der Waals surface area contributed by atoms with E-state index in [0.717, 1.165) is 12.3 Å². The summed E-state index contributed by atoms with van der Waals surface area (Å²) in [7, 11) is 0. The van der Waals surface area contributed by atoms with Crippen molar-refractivity contribution in [3.05, 3.63) is 41.3 Å². The molecule has 2 aromatic heterocycles. The predicted molar refractivity (Wildman–Crippen MR) is 64.6 cm³/mol. The Morgan fingerprint density at radius 3 is 2.47 bits per heavy atom. The Hall–Kier alpha value is -1.69. The number of aryl methyl sites for hydroxylation is 1. The first-order valence-corrected chi connectivity index (χ1v) is 5.88. The zero-order chi connectivity index (χ0) is 14.0. The van der Waals surface area contributed by atoms with Crippen LogP contribution in [0.25, 0.3) is 11.5 Å². The van der Waals surface area contributed by atoms with Gasteiger partial charge in [0.2, 0.25) is 0 Å². The van der Waals surface area contributed by atoms with Crippen molar-refractivity contribution in [1.29, 1.82) is 0 Å². The molecule has 0 radical (unpaired) electrons. The molecule has 0 aliphatic heterocycles. The molecule has 0 fully saturated rings. The number of rotatable bonds is 2. The fourth-order valence-electron chi connectivity index (χ4n) is 1.51. The van der Waals surface area contributed by atoms with E-state index in [4.69, 9.17) is 11.6 Å². The van der Waals surface area contributed by atoms with Crippen molar-refractivity contribution in [3.8, 4) is 11.5 Å². The smallest absolute Gasteiger partial charge is 0.252 e. The summed E-state index contributed by atoms with van der Waals surface area (Å²) in [5, 5.41) is 0. The van der Waals surface area contributed by atoms with Gasteiger partial charge in [-0.3, -0.25) is 4.98 Å². The van der Waals surface area contributed by atoms with Gasteiger partial charge in [0.1, 0.15) is 5.69 Å². The Morgan fingerprint density at radius 1 is 1.21 bits per heavy atom. The molecule has 100 valence electrons. The van der Waals surface area contributed by atoms with Crippen molar-refractivity contribution in [3.63, 3.8) is 0 Å². The maximum absolute atomic E-state index is 12.4. The van der Waals surface area contributed by atoms with Gasteiger partial charge in [-0.1, -0.05) is 0 Å². The van der Waals surface area contributed by atoms with Gasteiger partial charge in [-0.05, 0) is 25.1 Å². The molecule has 0 N–H and O–H groups in total. The SMILES string of the molecule is Cc1cc(CCl)nc(-c2ccc(C(F)(F)F)cn2)n1.